The van der Waals surface area contributed by atoms with Gasteiger partial charge in [0.1, 0.15) is 12.6 Å². The van der Waals surface area contributed by atoms with Gasteiger partial charge in [0, 0.05) is 4.47 Å². The van der Waals surface area contributed by atoms with Crippen molar-refractivity contribution >= 4 is 32.8 Å². The maximum absolute atomic E-state index is 12.6. The molecule has 2 aromatic rings. The second-order valence-corrected chi connectivity index (χ2v) is 9.24. The summed E-state index contributed by atoms with van der Waals surface area (Å²) in [6, 6.07) is 5.34. The summed E-state index contributed by atoms with van der Waals surface area (Å²) >= 11 is 3.37. The molecule has 3 saturated carbocycles. The normalized spacial score (nSPS) is 29.2. The quantitative estimate of drug-likeness (QED) is 0.711. The fraction of sp³-hybridized carbons (Fsp3) is 0.550. The van der Waals surface area contributed by atoms with E-state index in [0.717, 1.165) is 10.9 Å². The monoisotopic (exact) mass is 418 g/mol. The van der Waals surface area contributed by atoms with Gasteiger partial charge in [-0.3, -0.25) is 14.2 Å². The summed E-state index contributed by atoms with van der Waals surface area (Å²) in [5.41, 5.74) is 0.745. The fourth-order valence-electron chi connectivity index (χ4n) is 4.85. The van der Waals surface area contributed by atoms with Crippen LogP contribution in [0.1, 0.15) is 33.6 Å². The fourth-order valence-corrected chi connectivity index (χ4v) is 5.21. The molecule has 2 bridgehead atoms. The van der Waals surface area contributed by atoms with Crippen LogP contribution in [0.25, 0.3) is 10.9 Å². The highest BCUT2D eigenvalue weighted by molar-refractivity contribution is 9.10. The zero-order valence-corrected chi connectivity index (χ0v) is 16.8. The third kappa shape index (κ3) is 2.79. The van der Waals surface area contributed by atoms with Crippen molar-refractivity contribution in [1.29, 1.82) is 0 Å². The molecule has 1 heterocycles. The molecule has 0 amide bonds. The van der Waals surface area contributed by atoms with E-state index in [-0.39, 0.29) is 24.2 Å². The first-order chi connectivity index (χ1) is 12.3. The van der Waals surface area contributed by atoms with Crippen LogP contribution in [0.5, 0.6) is 0 Å². The van der Waals surface area contributed by atoms with E-state index in [0.29, 0.717) is 34.1 Å². The number of rotatable bonds is 3. The van der Waals surface area contributed by atoms with Crippen LogP contribution < -0.4 is 5.56 Å². The molecule has 3 fully saturated rings. The predicted octanol–water partition coefficient (Wildman–Crippen LogP) is 3.77. The highest BCUT2D eigenvalue weighted by Crippen LogP contribution is 2.61. The molecule has 26 heavy (non-hydrogen) atoms. The van der Waals surface area contributed by atoms with E-state index in [1.807, 2.05) is 6.07 Å². The van der Waals surface area contributed by atoms with E-state index in [9.17, 15) is 9.59 Å². The first-order valence-electron chi connectivity index (χ1n) is 9.11. The number of carbonyl (C=O) groups excluding carboxylic acids is 1. The minimum atomic E-state index is -0.362. The van der Waals surface area contributed by atoms with Gasteiger partial charge in [0.05, 0.1) is 17.2 Å². The lowest BCUT2D eigenvalue weighted by Gasteiger charge is -2.61. The Hall–Kier alpha value is -1.69. The molecule has 0 radical (unpaired) electrons. The van der Waals surface area contributed by atoms with Crippen LogP contribution in [0.3, 0.4) is 0 Å². The zero-order valence-electron chi connectivity index (χ0n) is 15.2. The first kappa shape index (κ1) is 17.7. The summed E-state index contributed by atoms with van der Waals surface area (Å²) in [7, 11) is 0. The second kappa shape index (κ2) is 6.19. The molecule has 3 aliphatic carbocycles. The maximum atomic E-state index is 12.6. The van der Waals surface area contributed by atoms with Gasteiger partial charge in [-0.05, 0) is 54.2 Å². The van der Waals surface area contributed by atoms with E-state index < -0.39 is 0 Å². The zero-order chi connectivity index (χ0) is 18.6. The number of halogens is 1. The second-order valence-electron chi connectivity index (χ2n) is 8.32. The number of benzene rings is 1. The smallest absolute Gasteiger partial charge is 0.326 e. The summed E-state index contributed by atoms with van der Waals surface area (Å²) in [5, 5.41) is 0.490. The molecule has 1 aromatic heterocycles. The number of nitrogens with zero attached hydrogens (tertiary/aromatic N) is 2. The van der Waals surface area contributed by atoms with Crippen LogP contribution in [0.4, 0.5) is 0 Å². The number of hydrogen-bond donors (Lipinski definition) is 0. The van der Waals surface area contributed by atoms with E-state index in [1.54, 1.807) is 12.1 Å². The molecule has 5 nitrogen and oxygen atoms in total. The molecule has 6 heteroatoms. The van der Waals surface area contributed by atoms with Crippen molar-refractivity contribution in [3.63, 3.8) is 0 Å². The van der Waals surface area contributed by atoms with Crippen LogP contribution in [0.2, 0.25) is 0 Å². The summed E-state index contributed by atoms with van der Waals surface area (Å²) in [6.45, 7) is 6.72. The average Bonchev–Trinajstić information content (AvgIpc) is 2.59. The van der Waals surface area contributed by atoms with Gasteiger partial charge in [-0.1, -0.05) is 36.7 Å². The van der Waals surface area contributed by atoms with Gasteiger partial charge in [-0.25, -0.2) is 4.98 Å². The number of hydrogen-bond acceptors (Lipinski definition) is 4. The van der Waals surface area contributed by atoms with E-state index in [1.165, 1.54) is 17.3 Å². The molecule has 0 saturated heterocycles. The predicted molar refractivity (Wildman–Crippen MR) is 103 cm³/mol. The van der Waals surface area contributed by atoms with Crippen LogP contribution in [-0.4, -0.2) is 21.6 Å². The van der Waals surface area contributed by atoms with Gasteiger partial charge >= 0.3 is 5.97 Å². The van der Waals surface area contributed by atoms with Crippen molar-refractivity contribution in [2.24, 2.45) is 23.2 Å². The number of aromatic nitrogens is 2. The number of fused-ring (bicyclic) bond motifs is 3. The van der Waals surface area contributed by atoms with E-state index in [4.69, 9.17) is 4.74 Å². The molecule has 4 atom stereocenters. The Morgan fingerprint density at radius 3 is 2.85 bits per heavy atom. The Bertz CT molecular complexity index is 936. The van der Waals surface area contributed by atoms with Crippen LogP contribution >= 0.6 is 15.9 Å². The van der Waals surface area contributed by atoms with Crippen molar-refractivity contribution in [3.8, 4) is 0 Å². The van der Waals surface area contributed by atoms with Crippen molar-refractivity contribution in [2.45, 2.75) is 46.3 Å². The average molecular weight is 419 g/mol. The van der Waals surface area contributed by atoms with Gasteiger partial charge in [0.15, 0.2) is 0 Å². The molecule has 1 aromatic carbocycles. The van der Waals surface area contributed by atoms with Crippen molar-refractivity contribution in [3.05, 3.63) is 39.4 Å². The molecule has 5 rings (SSSR count). The minimum absolute atomic E-state index is 0.0439. The Balaban J connectivity index is 1.48. The lowest BCUT2D eigenvalue weighted by atomic mass is 9.45. The Morgan fingerprint density at radius 1 is 1.38 bits per heavy atom. The topological polar surface area (TPSA) is 61.2 Å². The van der Waals surface area contributed by atoms with Crippen molar-refractivity contribution in [2.75, 3.05) is 0 Å². The van der Waals surface area contributed by atoms with Gasteiger partial charge < -0.3 is 4.74 Å². The molecular formula is C20H23BrN2O3. The summed E-state index contributed by atoms with van der Waals surface area (Å²) in [5.74, 6) is 1.24. The maximum Gasteiger partial charge on any atom is 0.326 e. The van der Waals surface area contributed by atoms with Crippen molar-refractivity contribution < 1.29 is 9.53 Å². The highest BCUT2D eigenvalue weighted by atomic mass is 79.9. The van der Waals surface area contributed by atoms with Crippen molar-refractivity contribution in [1.82, 2.24) is 9.55 Å². The molecule has 0 unspecified atom stereocenters. The molecular weight excluding hydrogens is 396 g/mol. The largest absolute Gasteiger partial charge is 0.461 e. The van der Waals surface area contributed by atoms with Gasteiger partial charge in [0.25, 0.3) is 5.56 Å². The van der Waals surface area contributed by atoms with Crippen LogP contribution in [0.15, 0.2) is 33.8 Å². The Kier molecular flexibility index (Phi) is 4.21. The number of ether oxygens (including phenoxy) is 1. The van der Waals surface area contributed by atoms with Gasteiger partial charge in [0.2, 0.25) is 0 Å². The SMILES string of the molecule is C[C@@H]1[C@@H](OC(=O)Cn2cnc3ccc(Br)cc3c2=O)C[C@H]2C[C@H]1C2(C)C. The standard InChI is InChI=1S/C20H23BrN2O3/c1-11-15-6-12(20(15,2)3)7-17(11)26-18(24)9-23-10-22-16-5-4-13(21)8-14(16)19(23)25/h4-5,8,10-12,15,17H,6-7,9H2,1-3H3/t11-,12+,15+,17-/m0/s1. The van der Waals surface area contributed by atoms with Crippen LogP contribution in [0, 0.1) is 23.2 Å². The molecule has 0 aliphatic heterocycles. The van der Waals surface area contributed by atoms with E-state index >= 15 is 0 Å². The van der Waals surface area contributed by atoms with Crippen LogP contribution in [-0.2, 0) is 16.1 Å². The summed E-state index contributed by atoms with van der Waals surface area (Å²) in [4.78, 5) is 29.3. The first-order valence-corrected chi connectivity index (χ1v) is 9.91. The van der Waals surface area contributed by atoms with Gasteiger partial charge in [-0.15, -0.1) is 0 Å². The molecule has 3 aliphatic rings. The molecule has 0 spiro atoms. The van der Waals surface area contributed by atoms with Gasteiger partial charge in [-0.2, -0.15) is 0 Å². The molecule has 138 valence electrons. The Morgan fingerprint density at radius 2 is 2.15 bits per heavy atom. The Labute approximate surface area is 160 Å². The minimum Gasteiger partial charge on any atom is -0.461 e. The lowest BCUT2D eigenvalue weighted by Crippen LogP contribution is -2.57. The summed E-state index contributed by atoms with van der Waals surface area (Å²) < 4.78 is 7.89. The lowest BCUT2D eigenvalue weighted by molar-refractivity contribution is -0.186. The highest BCUT2D eigenvalue weighted by Gasteiger charge is 2.57. The summed E-state index contributed by atoms with van der Waals surface area (Å²) in [6.07, 6.45) is 3.54. The van der Waals surface area contributed by atoms with E-state index in [2.05, 4.69) is 41.7 Å². The third-order valence-corrected chi connectivity index (χ3v) is 7.15. The third-order valence-electron chi connectivity index (χ3n) is 6.65. The number of carbonyl (C=O) groups is 1. The number of esters is 1. The molecule has 0 N–H and O–H groups in total.